The number of carboxylic acid groups (broad SMARTS) is 1. The van der Waals surface area contributed by atoms with Crippen molar-refractivity contribution in [3.8, 4) is 28.3 Å². The van der Waals surface area contributed by atoms with Crippen LogP contribution in [0.15, 0.2) is 73.1 Å². The van der Waals surface area contributed by atoms with Gasteiger partial charge in [0.25, 0.3) is 5.91 Å². The largest absolute Gasteiger partial charge is 0.494 e. The van der Waals surface area contributed by atoms with E-state index in [9.17, 15) is 29.4 Å². The van der Waals surface area contributed by atoms with Crippen LogP contribution < -0.4 is 26.4 Å². The van der Waals surface area contributed by atoms with Gasteiger partial charge in [-0.1, -0.05) is 89.8 Å². The topological polar surface area (TPSA) is 206 Å². The Balaban J connectivity index is 1.46. The van der Waals surface area contributed by atoms with Crippen LogP contribution in [-0.2, 0) is 26.2 Å². The molecule has 4 aromatic rings. The summed E-state index contributed by atoms with van der Waals surface area (Å²) in [5, 5.41) is 27.7. The highest BCUT2D eigenvalue weighted by Crippen LogP contribution is 2.30. The Morgan fingerprint density at radius 1 is 0.855 bits per heavy atom. The van der Waals surface area contributed by atoms with Gasteiger partial charge in [-0.15, -0.1) is 11.3 Å². The van der Waals surface area contributed by atoms with Crippen molar-refractivity contribution >= 4 is 35.0 Å². The Hall–Kier alpha value is -5.18. The molecule has 0 aliphatic carbocycles. The summed E-state index contributed by atoms with van der Waals surface area (Å²) >= 11 is 1.31. The first-order valence-corrected chi connectivity index (χ1v) is 19.3. The standard InChI is InChI=1S/C41H52N6O7S/c1-5-6-7-8-9-20-54-30-16-14-27(15-17-30)29-23-43-37(44-24-29)28-12-10-26(11-13-28)21-31(47-40(53)33-18-19-34(55-33)41(2,3)4)39(52)46-32(22-36(49)50)38(51)45-25-35(42)48/h10-19,23-24,31-32,38,45,51H,5-9,20-22,25H2,1-4H3,(H2,42,48)(H,46,52)(H,47,53)(H,49,50)/t31-,32-,38?/m0/s1. The molecule has 4 rings (SSSR count). The smallest absolute Gasteiger partial charge is 0.305 e. The molecule has 1 unspecified atom stereocenters. The van der Waals surface area contributed by atoms with E-state index in [4.69, 9.17) is 10.5 Å². The number of hydrogen-bond donors (Lipinski definition) is 6. The molecule has 14 heteroatoms. The number of nitrogens with one attached hydrogen (secondary N) is 3. The molecule has 0 radical (unpaired) electrons. The summed E-state index contributed by atoms with van der Waals surface area (Å²) in [7, 11) is 0. The second kappa shape index (κ2) is 20.5. The number of primary amides is 1. The van der Waals surface area contributed by atoms with E-state index in [2.05, 4.69) is 32.8 Å². The van der Waals surface area contributed by atoms with Crippen molar-refractivity contribution in [2.45, 2.75) is 96.4 Å². The molecule has 2 heterocycles. The molecule has 2 aromatic heterocycles. The van der Waals surface area contributed by atoms with Crippen LogP contribution in [0, 0.1) is 0 Å². The maximum Gasteiger partial charge on any atom is 0.305 e. The van der Waals surface area contributed by atoms with E-state index < -0.39 is 55.0 Å². The maximum absolute atomic E-state index is 13.7. The van der Waals surface area contributed by atoms with E-state index in [0.717, 1.165) is 33.7 Å². The van der Waals surface area contributed by atoms with Gasteiger partial charge in [0.15, 0.2) is 5.82 Å². The van der Waals surface area contributed by atoms with Crippen molar-refractivity contribution in [2.75, 3.05) is 13.2 Å². The molecular formula is C41H52N6O7S. The lowest BCUT2D eigenvalue weighted by atomic mass is 9.95. The first-order chi connectivity index (χ1) is 26.2. The molecule has 13 nitrogen and oxygen atoms in total. The number of carbonyl (C=O) groups is 4. The highest BCUT2D eigenvalue weighted by molar-refractivity contribution is 7.14. The Morgan fingerprint density at radius 3 is 2.11 bits per heavy atom. The third-order valence-corrected chi connectivity index (χ3v) is 10.3. The molecule has 7 N–H and O–H groups in total. The second-order valence-electron chi connectivity index (χ2n) is 14.4. The molecule has 55 heavy (non-hydrogen) atoms. The average molecular weight is 773 g/mol. The summed E-state index contributed by atoms with van der Waals surface area (Å²) in [6, 6.07) is 16.1. The number of aliphatic hydroxyl groups excluding tert-OH is 1. The minimum absolute atomic E-state index is 0.0400. The number of carboxylic acids is 1. The number of carbonyl (C=O) groups excluding carboxylic acids is 3. The Labute approximate surface area is 326 Å². The summed E-state index contributed by atoms with van der Waals surface area (Å²) in [6.07, 6.45) is 7.20. The van der Waals surface area contributed by atoms with E-state index in [-0.39, 0.29) is 11.8 Å². The molecule has 3 atom stereocenters. The minimum Gasteiger partial charge on any atom is -0.494 e. The maximum atomic E-state index is 13.7. The molecular weight excluding hydrogens is 721 g/mol. The van der Waals surface area contributed by atoms with Crippen molar-refractivity contribution in [3.63, 3.8) is 0 Å². The molecule has 0 fully saturated rings. The molecule has 0 aliphatic rings. The summed E-state index contributed by atoms with van der Waals surface area (Å²) in [5.74, 6) is -1.95. The zero-order valence-corrected chi connectivity index (χ0v) is 32.7. The fourth-order valence-corrected chi connectivity index (χ4v) is 6.62. The lowest BCUT2D eigenvalue weighted by molar-refractivity contribution is -0.139. The highest BCUT2D eigenvalue weighted by atomic mass is 32.1. The third-order valence-electron chi connectivity index (χ3n) is 8.79. The van der Waals surface area contributed by atoms with Crippen LogP contribution in [0.1, 0.15) is 86.3 Å². The van der Waals surface area contributed by atoms with Gasteiger partial charge in [-0.3, -0.25) is 24.5 Å². The first-order valence-electron chi connectivity index (χ1n) is 18.5. The van der Waals surface area contributed by atoms with Gasteiger partial charge >= 0.3 is 5.97 Å². The average Bonchev–Trinajstić information content (AvgIpc) is 3.67. The fourth-order valence-electron chi connectivity index (χ4n) is 5.65. The van der Waals surface area contributed by atoms with Crippen molar-refractivity contribution in [1.82, 2.24) is 25.9 Å². The Bertz CT molecular complexity index is 1860. The van der Waals surface area contributed by atoms with Crippen LogP contribution in [0.3, 0.4) is 0 Å². The van der Waals surface area contributed by atoms with Crippen LogP contribution in [0.5, 0.6) is 5.75 Å². The third kappa shape index (κ3) is 13.6. The second-order valence-corrected chi connectivity index (χ2v) is 15.5. The zero-order chi connectivity index (χ0) is 40.0. The van der Waals surface area contributed by atoms with Gasteiger partial charge in [0.2, 0.25) is 11.8 Å². The number of aliphatic carboxylic acids is 1. The Kier molecular flexibility index (Phi) is 15.9. The van der Waals surface area contributed by atoms with Gasteiger partial charge in [0.05, 0.1) is 30.5 Å². The number of nitrogens with two attached hydrogens (primary N) is 1. The van der Waals surface area contributed by atoms with Crippen molar-refractivity contribution in [1.29, 1.82) is 0 Å². The van der Waals surface area contributed by atoms with E-state index in [1.807, 2.05) is 63.2 Å². The first kappa shape index (κ1) is 42.6. The summed E-state index contributed by atoms with van der Waals surface area (Å²) in [6.45, 7) is 8.56. The lowest BCUT2D eigenvalue weighted by Gasteiger charge is -2.26. The summed E-state index contributed by atoms with van der Waals surface area (Å²) in [5.41, 5.74) is 8.21. The van der Waals surface area contributed by atoms with Gasteiger partial charge in [0, 0.05) is 34.8 Å². The molecule has 294 valence electrons. The fraction of sp³-hybridized carbons (Fsp3) is 0.415. The van der Waals surface area contributed by atoms with Crippen molar-refractivity contribution in [2.24, 2.45) is 5.73 Å². The van der Waals surface area contributed by atoms with Crippen LogP contribution in [0.4, 0.5) is 0 Å². The number of hydrogen-bond acceptors (Lipinski definition) is 10. The molecule has 2 aromatic carbocycles. The van der Waals surface area contributed by atoms with Crippen LogP contribution in [0.2, 0.25) is 0 Å². The number of benzene rings is 2. The number of aromatic nitrogens is 2. The summed E-state index contributed by atoms with van der Waals surface area (Å²) in [4.78, 5) is 60.5. The number of amides is 3. The molecule has 0 saturated carbocycles. The van der Waals surface area contributed by atoms with Gasteiger partial charge in [-0.05, 0) is 47.2 Å². The molecule has 0 saturated heterocycles. The minimum atomic E-state index is -1.61. The normalized spacial score (nSPS) is 13.0. The van der Waals surface area contributed by atoms with Crippen molar-refractivity contribution < 1.29 is 34.1 Å². The number of rotatable bonds is 21. The van der Waals surface area contributed by atoms with Crippen LogP contribution in [0.25, 0.3) is 22.5 Å². The highest BCUT2D eigenvalue weighted by Gasteiger charge is 2.30. The van der Waals surface area contributed by atoms with Gasteiger partial charge in [-0.2, -0.15) is 0 Å². The predicted molar refractivity (Wildman–Crippen MR) is 213 cm³/mol. The van der Waals surface area contributed by atoms with Gasteiger partial charge < -0.3 is 31.3 Å². The number of nitrogens with zero attached hydrogens (tertiary/aromatic N) is 2. The van der Waals surface area contributed by atoms with E-state index in [1.165, 1.54) is 37.0 Å². The molecule has 0 aliphatic heterocycles. The molecule has 0 bridgehead atoms. The van der Waals surface area contributed by atoms with Gasteiger partial charge in [-0.25, -0.2) is 9.97 Å². The number of aliphatic hydroxyl groups is 1. The zero-order valence-electron chi connectivity index (χ0n) is 31.8. The SMILES string of the molecule is CCCCCCCOc1ccc(-c2cnc(-c3ccc(C[C@H](NC(=O)c4ccc(C(C)(C)C)s4)C(=O)N[C@@H](CC(=O)O)C(O)NCC(N)=O)cc3)nc2)cc1. The quantitative estimate of drug-likeness (QED) is 0.0482. The monoisotopic (exact) mass is 772 g/mol. The van der Waals surface area contributed by atoms with E-state index >= 15 is 0 Å². The summed E-state index contributed by atoms with van der Waals surface area (Å²) < 4.78 is 5.89. The van der Waals surface area contributed by atoms with Crippen LogP contribution in [-0.4, -0.2) is 75.3 Å². The lowest BCUT2D eigenvalue weighted by Crippen LogP contribution is -2.57. The van der Waals surface area contributed by atoms with Crippen LogP contribution >= 0.6 is 11.3 Å². The molecule has 3 amide bonds. The van der Waals surface area contributed by atoms with E-state index in [0.29, 0.717) is 22.9 Å². The molecule has 0 spiro atoms. The predicted octanol–water partition coefficient (Wildman–Crippen LogP) is 5.21. The van der Waals surface area contributed by atoms with Gasteiger partial charge in [0.1, 0.15) is 18.0 Å². The van der Waals surface area contributed by atoms with Crippen molar-refractivity contribution in [3.05, 3.63) is 88.4 Å². The van der Waals surface area contributed by atoms with E-state index in [1.54, 1.807) is 30.6 Å². The number of thiophene rings is 1. The Morgan fingerprint density at radius 2 is 1.51 bits per heavy atom. The number of unbranched alkanes of at least 4 members (excludes halogenated alkanes) is 4. The number of ether oxygens (including phenoxy) is 1.